The predicted octanol–water partition coefficient (Wildman–Crippen LogP) is 4.61. The van der Waals surface area contributed by atoms with E-state index in [-0.39, 0.29) is 11.7 Å². The highest BCUT2D eigenvalue weighted by Crippen LogP contribution is 2.19. The van der Waals surface area contributed by atoms with Gasteiger partial charge in [0.25, 0.3) is 0 Å². The molecule has 0 aliphatic rings. The minimum absolute atomic E-state index is 0.0322. The number of rotatable bonds is 4. The van der Waals surface area contributed by atoms with Gasteiger partial charge in [0.05, 0.1) is 0 Å². The van der Waals surface area contributed by atoms with Crippen molar-refractivity contribution in [3.8, 4) is 0 Å². The Bertz CT molecular complexity index is 751. The van der Waals surface area contributed by atoms with Crippen LogP contribution in [0.2, 0.25) is 0 Å². The first kappa shape index (κ1) is 16.2. The summed E-state index contributed by atoms with van der Waals surface area (Å²) in [6.45, 7) is 3.50. The molecule has 0 radical (unpaired) electrons. The number of ketones is 1. The van der Waals surface area contributed by atoms with Crippen LogP contribution in [0.25, 0.3) is 6.08 Å². The molecule has 4 heteroatoms. The molecule has 0 aliphatic heterocycles. The standard InChI is InChI=1S/C18H16BrNO2/c1-12-6-7-14(17(19)10-12)8-9-18(22)20-16-5-3-4-15(11-16)13(2)21/h3-11H,1-2H3,(H,20,22)/b9-8+. The molecular formula is C18H16BrNO2. The van der Waals surface area contributed by atoms with Crippen molar-refractivity contribution >= 4 is 39.4 Å². The zero-order chi connectivity index (χ0) is 16.1. The van der Waals surface area contributed by atoms with Crippen LogP contribution in [-0.4, -0.2) is 11.7 Å². The normalized spacial score (nSPS) is 10.7. The van der Waals surface area contributed by atoms with E-state index in [4.69, 9.17) is 0 Å². The largest absolute Gasteiger partial charge is 0.322 e. The van der Waals surface area contributed by atoms with E-state index in [0.717, 1.165) is 15.6 Å². The van der Waals surface area contributed by atoms with Crippen LogP contribution in [0.3, 0.4) is 0 Å². The third-order valence-electron chi connectivity index (χ3n) is 3.11. The maximum absolute atomic E-state index is 11.9. The van der Waals surface area contributed by atoms with Gasteiger partial charge < -0.3 is 5.32 Å². The number of benzene rings is 2. The van der Waals surface area contributed by atoms with E-state index >= 15 is 0 Å². The van der Waals surface area contributed by atoms with Gasteiger partial charge >= 0.3 is 0 Å². The van der Waals surface area contributed by atoms with Gasteiger partial charge in [-0.3, -0.25) is 9.59 Å². The number of carbonyl (C=O) groups excluding carboxylic acids is 2. The minimum atomic E-state index is -0.242. The Morgan fingerprint density at radius 3 is 2.59 bits per heavy atom. The van der Waals surface area contributed by atoms with Gasteiger partial charge in [-0.2, -0.15) is 0 Å². The van der Waals surface area contributed by atoms with E-state index in [2.05, 4.69) is 21.2 Å². The smallest absolute Gasteiger partial charge is 0.248 e. The first-order valence-corrected chi connectivity index (χ1v) is 7.61. The number of anilines is 1. The molecule has 0 bridgehead atoms. The summed E-state index contributed by atoms with van der Waals surface area (Å²) in [5, 5.41) is 2.75. The van der Waals surface area contributed by atoms with Crippen LogP contribution in [0.4, 0.5) is 5.69 Å². The second kappa shape index (κ2) is 7.18. The average Bonchev–Trinajstić information content (AvgIpc) is 2.46. The van der Waals surface area contributed by atoms with Crippen molar-refractivity contribution in [2.24, 2.45) is 0 Å². The van der Waals surface area contributed by atoms with Crippen molar-refractivity contribution in [3.05, 3.63) is 69.7 Å². The fourth-order valence-electron chi connectivity index (χ4n) is 1.93. The van der Waals surface area contributed by atoms with Gasteiger partial charge in [-0.25, -0.2) is 0 Å². The molecule has 3 nitrogen and oxygen atoms in total. The second-order valence-electron chi connectivity index (χ2n) is 4.98. The van der Waals surface area contributed by atoms with Crippen LogP contribution < -0.4 is 5.32 Å². The second-order valence-corrected chi connectivity index (χ2v) is 5.84. The van der Waals surface area contributed by atoms with Gasteiger partial charge in [-0.15, -0.1) is 0 Å². The van der Waals surface area contributed by atoms with Crippen molar-refractivity contribution in [3.63, 3.8) is 0 Å². The summed E-state index contributed by atoms with van der Waals surface area (Å²) in [5.41, 5.74) is 3.25. The highest BCUT2D eigenvalue weighted by molar-refractivity contribution is 9.10. The molecule has 0 aliphatic carbocycles. The highest BCUT2D eigenvalue weighted by atomic mass is 79.9. The molecule has 2 aromatic carbocycles. The van der Waals surface area contributed by atoms with E-state index in [1.807, 2.05) is 25.1 Å². The van der Waals surface area contributed by atoms with Crippen molar-refractivity contribution in [1.29, 1.82) is 0 Å². The van der Waals surface area contributed by atoms with Crippen LogP contribution in [-0.2, 0) is 4.79 Å². The third kappa shape index (κ3) is 4.40. The zero-order valence-corrected chi connectivity index (χ0v) is 14.0. The summed E-state index contributed by atoms with van der Waals surface area (Å²) in [7, 11) is 0. The van der Waals surface area contributed by atoms with Crippen molar-refractivity contribution < 1.29 is 9.59 Å². The van der Waals surface area contributed by atoms with Crippen molar-refractivity contribution in [2.75, 3.05) is 5.32 Å². The molecule has 0 fully saturated rings. The van der Waals surface area contributed by atoms with E-state index in [9.17, 15) is 9.59 Å². The predicted molar refractivity (Wildman–Crippen MR) is 93.0 cm³/mol. The summed E-state index contributed by atoms with van der Waals surface area (Å²) in [6.07, 6.45) is 3.21. The molecule has 1 N–H and O–H groups in total. The molecule has 2 rings (SSSR count). The van der Waals surface area contributed by atoms with Gasteiger partial charge in [-0.1, -0.05) is 40.2 Å². The lowest BCUT2D eigenvalue weighted by molar-refractivity contribution is -0.111. The number of aryl methyl sites for hydroxylation is 1. The summed E-state index contributed by atoms with van der Waals surface area (Å²) in [6, 6.07) is 12.8. The Hall–Kier alpha value is -2.20. The van der Waals surface area contributed by atoms with Crippen LogP contribution >= 0.6 is 15.9 Å². The quantitative estimate of drug-likeness (QED) is 0.641. The topological polar surface area (TPSA) is 46.2 Å². The number of halogens is 1. The molecule has 22 heavy (non-hydrogen) atoms. The number of amides is 1. The Morgan fingerprint density at radius 1 is 1.14 bits per heavy atom. The lowest BCUT2D eigenvalue weighted by Crippen LogP contribution is -2.08. The third-order valence-corrected chi connectivity index (χ3v) is 3.79. The molecule has 112 valence electrons. The molecule has 0 atom stereocenters. The summed E-state index contributed by atoms with van der Waals surface area (Å²) >= 11 is 3.47. The summed E-state index contributed by atoms with van der Waals surface area (Å²) < 4.78 is 0.940. The lowest BCUT2D eigenvalue weighted by Gasteiger charge is -2.04. The van der Waals surface area contributed by atoms with E-state index in [1.165, 1.54) is 13.0 Å². The van der Waals surface area contributed by atoms with Gasteiger partial charge in [-0.05, 0) is 49.2 Å². The van der Waals surface area contributed by atoms with Crippen molar-refractivity contribution in [2.45, 2.75) is 13.8 Å². The molecule has 0 spiro atoms. The van der Waals surface area contributed by atoms with E-state index in [0.29, 0.717) is 11.3 Å². The van der Waals surface area contributed by atoms with Crippen LogP contribution in [0.5, 0.6) is 0 Å². The van der Waals surface area contributed by atoms with Crippen LogP contribution in [0.15, 0.2) is 53.0 Å². The molecule has 0 saturated carbocycles. The van der Waals surface area contributed by atoms with Crippen LogP contribution in [0, 0.1) is 6.92 Å². The molecule has 1 amide bonds. The molecule has 0 heterocycles. The Kier molecular flexibility index (Phi) is 5.28. The molecule has 0 unspecified atom stereocenters. The fraction of sp³-hybridized carbons (Fsp3) is 0.111. The Balaban J connectivity index is 2.08. The summed E-state index contributed by atoms with van der Waals surface area (Å²) in [5.74, 6) is -0.275. The number of hydrogen-bond acceptors (Lipinski definition) is 2. The van der Waals surface area contributed by atoms with Crippen LogP contribution in [0.1, 0.15) is 28.4 Å². The van der Waals surface area contributed by atoms with E-state index in [1.54, 1.807) is 30.3 Å². The molecule has 2 aromatic rings. The Labute approximate surface area is 138 Å². The van der Waals surface area contributed by atoms with Gasteiger partial charge in [0.1, 0.15) is 0 Å². The number of Topliss-reactive ketones (excluding diaryl/α,β-unsaturated/α-hetero) is 1. The number of nitrogens with one attached hydrogen (secondary N) is 1. The summed E-state index contributed by atoms with van der Waals surface area (Å²) in [4.78, 5) is 23.3. The van der Waals surface area contributed by atoms with Gasteiger partial charge in [0.2, 0.25) is 5.91 Å². The monoisotopic (exact) mass is 357 g/mol. The fourth-order valence-corrected chi connectivity index (χ4v) is 2.56. The number of hydrogen-bond donors (Lipinski definition) is 1. The maximum Gasteiger partial charge on any atom is 0.248 e. The van der Waals surface area contributed by atoms with E-state index < -0.39 is 0 Å². The molecule has 0 saturated heterocycles. The lowest BCUT2D eigenvalue weighted by atomic mass is 10.1. The van der Waals surface area contributed by atoms with Crippen molar-refractivity contribution in [1.82, 2.24) is 0 Å². The zero-order valence-electron chi connectivity index (χ0n) is 12.4. The number of carbonyl (C=O) groups is 2. The average molecular weight is 358 g/mol. The van der Waals surface area contributed by atoms with Gasteiger partial charge in [0.15, 0.2) is 5.78 Å². The molecule has 0 aromatic heterocycles. The SMILES string of the molecule is CC(=O)c1cccc(NC(=O)/C=C/c2ccc(C)cc2Br)c1. The molecular weight excluding hydrogens is 342 g/mol. The maximum atomic E-state index is 11.9. The first-order valence-electron chi connectivity index (χ1n) is 6.82. The highest BCUT2D eigenvalue weighted by Gasteiger charge is 2.03. The Morgan fingerprint density at radius 2 is 1.91 bits per heavy atom. The first-order chi connectivity index (χ1) is 10.5. The minimum Gasteiger partial charge on any atom is -0.322 e. The van der Waals surface area contributed by atoms with Gasteiger partial charge in [0, 0.05) is 21.8 Å².